The highest BCUT2D eigenvalue weighted by Gasteiger charge is 2.40. The molecular weight excluding hydrogens is 355 g/mol. The van der Waals surface area contributed by atoms with Crippen LogP contribution in [0.1, 0.15) is 35.4 Å². The van der Waals surface area contributed by atoms with E-state index in [4.69, 9.17) is 14.6 Å². The molecule has 5 heteroatoms. The van der Waals surface area contributed by atoms with E-state index in [9.17, 15) is 4.39 Å². The van der Waals surface area contributed by atoms with Crippen molar-refractivity contribution in [3.63, 3.8) is 0 Å². The van der Waals surface area contributed by atoms with E-state index in [1.807, 2.05) is 53.5 Å². The summed E-state index contributed by atoms with van der Waals surface area (Å²) in [5.41, 5.74) is 3.82. The van der Waals surface area contributed by atoms with Crippen molar-refractivity contribution in [2.24, 2.45) is 5.10 Å². The minimum Gasteiger partial charge on any atom is -0.497 e. The lowest BCUT2D eigenvalue weighted by Gasteiger charge is -2.38. The van der Waals surface area contributed by atoms with Gasteiger partial charge in [-0.2, -0.15) is 5.10 Å². The Bertz CT molecular complexity index is 1070. The summed E-state index contributed by atoms with van der Waals surface area (Å²) in [6, 6.07) is 22.4. The fourth-order valence-electron chi connectivity index (χ4n) is 3.89. The predicted molar refractivity (Wildman–Crippen MR) is 105 cm³/mol. The molecule has 5 rings (SSSR count). The van der Waals surface area contributed by atoms with Crippen LogP contribution >= 0.6 is 0 Å². The van der Waals surface area contributed by atoms with Crippen LogP contribution in [-0.4, -0.2) is 17.8 Å². The average molecular weight is 374 g/mol. The van der Waals surface area contributed by atoms with Gasteiger partial charge in [0.05, 0.1) is 18.9 Å². The number of nitrogens with zero attached hydrogens (tertiary/aromatic N) is 2. The quantitative estimate of drug-likeness (QED) is 0.641. The molecule has 2 aliphatic rings. The van der Waals surface area contributed by atoms with Crippen molar-refractivity contribution in [2.45, 2.75) is 18.7 Å². The zero-order chi connectivity index (χ0) is 19.1. The third-order valence-electron chi connectivity index (χ3n) is 5.24. The molecule has 0 saturated carbocycles. The third-order valence-corrected chi connectivity index (χ3v) is 5.24. The van der Waals surface area contributed by atoms with E-state index in [0.29, 0.717) is 0 Å². The van der Waals surface area contributed by atoms with Gasteiger partial charge in [0.15, 0.2) is 0 Å². The smallest absolute Gasteiger partial charge is 0.213 e. The fraction of sp³-hybridized carbons (Fsp3) is 0.174. The van der Waals surface area contributed by atoms with Gasteiger partial charge in [0, 0.05) is 23.1 Å². The van der Waals surface area contributed by atoms with Gasteiger partial charge in [-0.15, -0.1) is 0 Å². The number of ether oxygens (including phenoxy) is 2. The van der Waals surface area contributed by atoms with E-state index < -0.39 is 6.23 Å². The number of hydrazone groups is 1. The molecule has 0 aliphatic carbocycles. The molecule has 3 aromatic carbocycles. The number of fused-ring (bicyclic) bond motifs is 3. The van der Waals surface area contributed by atoms with Gasteiger partial charge in [0.25, 0.3) is 0 Å². The highest BCUT2D eigenvalue weighted by molar-refractivity contribution is 6.02. The Morgan fingerprint density at radius 2 is 1.89 bits per heavy atom. The Balaban J connectivity index is 1.59. The first-order chi connectivity index (χ1) is 13.7. The van der Waals surface area contributed by atoms with Crippen molar-refractivity contribution in [3.05, 3.63) is 95.3 Å². The molecule has 0 fully saturated rings. The first kappa shape index (κ1) is 16.8. The average Bonchev–Trinajstić information content (AvgIpc) is 3.19. The summed E-state index contributed by atoms with van der Waals surface area (Å²) < 4.78 is 25.5. The Labute approximate surface area is 162 Å². The zero-order valence-corrected chi connectivity index (χ0v) is 15.4. The first-order valence-electron chi connectivity index (χ1n) is 9.24. The fourth-order valence-corrected chi connectivity index (χ4v) is 3.89. The SMILES string of the molecule is COc1cccc(C2=NN3C(C2)c2ccccc2OC3c2cccc(F)c2)c1. The van der Waals surface area contributed by atoms with Gasteiger partial charge in [-0.05, 0) is 30.3 Å². The largest absolute Gasteiger partial charge is 0.497 e. The molecule has 0 spiro atoms. The number of rotatable bonds is 3. The van der Waals surface area contributed by atoms with Gasteiger partial charge in [-0.25, -0.2) is 9.40 Å². The zero-order valence-electron chi connectivity index (χ0n) is 15.4. The summed E-state index contributed by atoms with van der Waals surface area (Å²) in [5, 5.41) is 6.84. The molecule has 2 unspecified atom stereocenters. The molecule has 0 N–H and O–H groups in total. The summed E-state index contributed by atoms with van der Waals surface area (Å²) in [6.07, 6.45) is 0.276. The summed E-state index contributed by atoms with van der Waals surface area (Å²) in [6.45, 7) is 0. The van der Waals surface area contributed by atoms with Crippen LogP contribution in [-0.2, 0) is 0 Å². The third kappa shape index (κ3) is 2.80. The monoisotopic (exact) mass is 374 g/mol. The van der Waals surface area contributed by atoms with Crippen molar-refractivity contribution in [2.75, 3.05) is 7.11 Å². The Hall–Kier alpha value is -3.34. The molecule has 0 radical (unpaired) electrons. The minimum atomic E-state index is -0.473. The predicted octanol–water partition coefficient (Wildman–Crippen LogP) is 5.08. The molecule has 0 bridgehead atoms. The maximum atomic E-state index is 13.9. The number of benzene rings is 3. The lowest BCUT2D eigenvalue weighted by molar-refractivity contribution is -0.0192. The van der Waals surface area contributed by atoms with E-state index in [-0.39, 0.29) is 11.9 Å². The number of para-hydroxylation sites is 1. The molecule has 2 aliphatic heterocycles. The number of hydrogen-bond acceptors (Lipinski definition) is 4. The molecule has 2 heterocycles. The number of methoxy groups -OCH3 is 1. The molecule has 3 aromatic rings. The highest BCUT2D eigenvalue weighted by atomic mass is 19.1. The standard InChI is InChI=1S/C23H19FN2O2/c1-27-18-9-5-6-15(13-18)20-14-21-19-10-2-3-11-22(19)28-23(26(21)25-20)16-7-4-8-17(24)12-16/h2-13,21,23H,14H2,1H3. The van der Waals surface area contributed by atoms with E-state index in [2.05, 4.69) is 6.07 Å². The van der Waals surface area contributed by atoms with Crippen LogP contribution < -0.4 is 9.47 Å². The summed E-state index contributed by atoms with van der Waals surface area (Å²) >= 11 is 0. The van der Waals surface area contributed by atoms with E-state index in [0.717, 1.165) is 40.3 Å². The van der Waals surface area contributed by atoms with Crippen molar-refractivity contribution in [1.82, 2.24) is 5.01 Å². The van der Waals surface area contributed by atoms with Gasteiger partial charge in [0.2, 0.25) is 6.23 Å². The van der Waals surface area contributed by atoms with Gasteiger partial charge in [-0.1, -0.05) is 42.5 Å². The number of hydrogen-bond donors (Lipinski definition) is 0. The lowest BCUT2D eigenvalue weighted by Crippen LogP contribution is -2.33. The Morgan fingerprint density at radius 1 is 1.04 bits per heavy atom. The van der Waals surface area contributed by atoms with Crippen molar-refractivity contribution < 1.29 is 13.9 Å². The van der Waals surface area contributed by atoms with Gasteiger partial charge < -0.3 is 9.47 Å². The van der Waals surface area contributed by atoms with Crippen molar-refractivity contribution >= 4 is 5.71 Å². The summed E-state index contributed by atoms with van der Waals surface area (Å²) in [5.74, 6) is 1.33. The lowest BCUT2D eigenvalue weighted by atomic mass is 9.96. The van der Waals surface area contributed by atoms with E-state index in [1.165, 1.54) is 12.1 Å². The van der Waals surface area contributed by atoms with Crippen LogP contribution in [0, 0.1) is 5.82 Å². The first-order valence-corrected chi connectivity index (χ1v) is 9.24. The number of halogens is 1. The Morgan fingerprint density at radius 3 is 2.75 bits per heavy atom. The van der Waals surface area contributed by atoms with Crippen LogP contribution in [0.25, 0.3) is 0 Å². The molecular formula is C23H19FN2O2. The maximum Gasteiger partial charge on any atom is 0.213 e. The van der Waals surface area contributed by atoms with Crippen LogP contribution in [0.5, 0.6) is 11.5 Å². The molecule has 0 saturated heterocycles. The molecule has 2 atom stereocenters. The van der Waals surface area contributed by atoms with Gasteiger partial charge >= 0.3 is 0 Å². The molecule has 0 aromatic heterocycles. The maximum absolute atomic E-state index is 13.9. The van der Waals surface area contributed by atoms with Gasteiger partial charge in [-0.3, -0.25) is 0 Å². The summed E-state index contributed by atoms with van der Waals surface area (Å²) in [4.78, 5) is 0. The van der Waals surface area contributed by atoms with Gasteiger partial charge in [0.1, 0.15) is 17.3 Å². The molecule has 4 nitrogen and oxygen atoms in total. The second-order valence-electron chi connectivity index (χ2n) is 6.94. The van der Waals surface area contributed by atoms with E-state index >= 15 is 0 Å². The topological polar surface area (TPSA) is 34.1 Å². The summed E-state index contributed by atoms with van der Waals surface area (Å²) in [7, 11) is 1.66. The Kier molecular flexibility index (Phi) is 4.01. The molecule has 0 amide bonds. The molecule has 140 valence electrons. The van der Waals surface area contributed by atoms with Crippen LogP contribution in [0.15, 0.2) is 77.9 Å². The van der Waals surface area contributed by atoms with Crippen molar-refractivity contribution in [3.8, 4) is 11.5 Å². The van der Waals surface area contributed by atoms with Crippen LogP contribution in [0.2, 0.25) is 0 Å². The van der Waals surface area contributed by atoms with Crippen molar-refractivity contribution in [1.29, 1.82) is 0 Å². The second kappa shape index (κ2) is 6.68. The second-order valence-corrected chi connectivity index (χ2v) is 6.94. The molecule has 28 heavy (non-hydrogen) atoms. The minimum absolute atomic E-state index is 0.0411. The highest BCUT2D eigenvalue weighted by Crippen LogP contribution is 2.47. The van der Waals surface area contributed by atoms with Crippen LogP contribution in [0.4, 0.5) is 4.39 Å². The van der Waals surface area contributed by atoms with E-state index in [1.54, 1.807) is 13.2 Å². The normalized spacial score (nSPS) is 20.1. The van der Waals surface area contributed by atoms with Crippen LogP contribution in [0.3, 0.4) is 0 Å².